The van der Waals surface area contributed by atoms with Gasteiger partial charge in [-0.25, -0.2) is 0 Å². The van der Waals surface area contributed by atoms with Crippen LogP contribution in [-0.4, -0.2) is 25.1 Å². The molecule has 1 atom stereocenters. The molecule has 96 valence electrons. The van der Waals surface area contributed by atoms with E-state index in [-0.39, 0.29) is 24.7 Å². The predicted octanol–water partition coefficient (Wildman–Crippen LogP) is 1.99. The van der Waals surface area contributed by atoms with Crippen molar-refractivity contribution >= 4 is 29.2 Å². The first-order chi connectivity index (χ1) is 8.60. The third kappa shape index (κ3) is 2.73. The van der Waals surface area contributed by atoms with Crippen molar-refractivity contribution < 1.29 is 19.1 Å². The second-order valence-electron chi connectivity index (χ2n) is 3.85. The standard InChI is InChI=1S/C12H12ClNO4/c1-17-11(15)5-4-10-12(16)14-8-6-7(13)2-3-9(8)18-10/h2-3,6,10H,4-5H2,1H3,(H,14,16). The van der Waals surface area contributed by atoms with Crippen molar-refractivity contribution in [3.63, 3.8) is 0 Å². The number of fused-ring (bicyclic) bond motifs is 1. The van der Waals surface area contributed by atoms with Crippen LogP contribution in [0.15, 0.2) is 18.2 Å². The summed E-state index contributed by atoms with van der Waals surface area (Å²) < 4.78 is 10.0. The molecule has 1 aliphatic heterocycles. The van der Waals surface area contributed by atoms with Gasteiger partial charge in [0, 0.05) is 17.9 Å². The molecule has 0 radical (unpaired) electrons. The third-order valence-electron chi connectivity index (χ3n) is 2.60. The van der Waals surface area contributed by atoms with E-state index in [0.717, 1.165) is 0 Å². The number of carbonyl (C=O) groups excluding carboxylic acids is 2. The topological polar surface area (TPSA) is 64.6 Å². The Balaban J connectivity index is 2.06. The molecule has 1 aliphatic rings. The van der Waals surface area contributed by atoms with Crippen molar-refractivity contribution in [2.75, 3.05) is 12.4 Å². The highest BCUT2D eigenvalue weighted by atomic mass is 35.5. The maximum absolute atomic E-state index is 11.7. The van der Waals surface area contributed by atoms with Crippen molar-refractivity contribution in [1.82, 2.24) is 0 Å². The summed E-state index contributed by atoms with van der Waals surface area (Å²) in [6.07, 6.45) is -0.268. The molecule has 0 saturated heterocycles. The minimum absolute atomic E-state index is 0.136. The summed E-state index contributed by atoms with van der Waals surface area (Å²) in [5.74, 6) is -0.101. The van der Waals surface area contributed by atoms with Gasteiger partial charge in [0.15, 0.2) is 6.10 Å². The van der Waals surface area contributed by atoms with Gasteiger partial charge in [-0.05, 0) is 18.2 Å². The van der Waals surface area contributed by atoms with Gasteiger partial charge in [0.1, 0.15) is 5.75 Å². The van der Waals surface area contributed by atoms with Crippen LogP contribution in [-0.2, 0) is 14.3 Å². The highest BCUT2D eigenvalue weighted by Gasteiger charge is 2.28. The normalized spacial score (nSPS) is 17.4. The zero-order valence-electron chi connectivity index (χ0n) is 9.73. The first-order valence-corrected chi connectivity index (χ1v) is 5.82. The van der Waals surface area contributed by atoms with Crippen LogP contribution in [0.25, 0.3) is 0 Å². The van der Waals surface area contributed by atoms with E-state index in [1.54, 1.807) is 18.2 Å². The van der Waals surface area contributed by atoms with Crippen LogP contribution in [0.3, 0.4) is 0 Å². The summed E-state index contributed by atoms with van der Waals surface area (Å²) in [5.41, 5.74) is 0.543. The molecule has 5 nitrogen and oxygen atoms in total. The average Bonchev–Trinajstić information content (AvgIpc) is 2.35. The molecule has 0 fully saturated rings. The summed E-state index contributed by atoms with van der Waals surface area (Å²) in [4.78, 5) is 22.8. The van der Waals surface area contributed by atoms with Crippen molar-refractivity contribution in [2.45, 2.75) is 18.9 Å². The maximum Gasteiger partial charge on any atom is 0.305 e. The Morgan fingerprint density at radius 2 is 2.33 bits per heavy atom. The molecule has 1 unspecified atom stereocenters. The lowest BCUT2D eigenvalue weighted by Crippen LogP contribution is -2.37. The number of rotatable bonds is 3. The highest BCUT2D eigenvalue weighted by molar-refractivity contribution is 6.31. The van der Waals surface area contributed by atoms with Gasteiger partial charge in [0.05, 0.1) is 12.8 Å². The number of nitrogens with one attached hydrogen (secondary N) is 1. The molecule has 1 heterocycles. The predicted molar refractivity (Wildman–Crippen MR) is 65.7 cm³/mol. The second-order valence-corrected chi connectivity index (χ2v) is 4.29. The van der Waals surface area contributed by atoms with E-state index in [2.05, 4.69) is 10.1 Å². The first-order valence-electron chi connectivity index (χ1n) is 5.44. The number of hydrogen-bond donors (Lipinski definition) is 1. The van der Waals surface area contributed by atoms with Gasteiger partial charge in [0.2, 0.25) is 0 Å². The number of esters is 1. The summed E-state index contributed by atoms with van der Waals surface area (Å²) in [6.45, 7) is 0. The number of hydrogen-bond acceptors (Lipinski definition) is 4. The fourth-order valence-electron chi connectivity index (χ4n) is 1.66. The second kappa shape index (κ2) is 5.27. The van der Waals surface area contributed by atoms with Crippen molar-refractivity contribution in [3.05, 3.63) is 23.2 Å². The number of methoxy groups -OCH3 is 1. The van der Waals surface area contributed by atoms with Crippen LogP contribution in [0.4, 0.5) is 5.69 Å². The fourth-order valence-corrected chi connectivity index (χ4v) is 1.84. The molecular weight excluding hydrogens is 258 g/mol. The molecule has 18 heavy (non-hydrogen) atoms. The van der Waals surface area contributed by atoms with Crippen LogP contribution in [0, 0.1) is 0 Å². The van der Waals surface area contributed by atoms with Crippen molar-refractivity contribution in [1.29, 1.82) is 0 Å². The quantitative estimate of drug-likeness (QED) is 0.853. The van der Waals surface area contributed by atoms with E-state index in [1.807, 2.05) is 0 Å². The Morgan fingerprint density at radius 3 is 3.06 bits per heavy atom. The van der Waals surface area contributed by atoms with Gasteiger partial charge in [0.25, 0.3) is 5.91 Å². The average molecular weight is 270 g/mol. The van der Waals surface area contributed by atoms with Crippen LogP contribution >= 0.6 is 11.6 Å². The monoisotopic (exact) mass is 269 g/mol. The van der Waals surface area contributed by atoms with Gasteiger partial charge in [-0.15, -0.1) is 0 Å². The molecule has 1 N–H and O–H groups in total. The highest BCUT2D eigenvalue weighted by Crippen LogP contribution is 2.32. The lowest BCUT2D eigenvalue weighted by atomic mass is 10.1. The van der Waals surface area contributed by atoms with Crippen molar-refractivity contribution in [3.8, 4) is 5.75 Å². The molecule has 0 aliphatic carbocycles. The molecule has 1 aromatic rings. The summed E-state index contributed by atoms with van der Waals surface area (Å²) in [6, 6.07) is 4.97. The molecular formula is C12H12ClNO4. The summed E-state index contributed by atoms with van der Waals surface area (Å²) >= 11 is 5.81. The lowest BCUT2D eigenvalue weighted by Gasteiger charge is -2.25. The van der Waals surface area contributed by atoms with Gasteiger partial charge in [-0.1, -0.05) is 11.6 Å². The number of carbonyl (C=O) groups is 2. The van der Waals surface area contributed by atoms with Crippen LogP contribution in [0.5, 0.6) is 5.75 Å². The molecule has 0 spiro atoms. The number of amides is 1. The Bertz CT molecular complexity index is 489. The third-order valence-corrected chi connectivity index (χ3v) is 2.83. The Kier molecular flexibility index (Phi) is 3.72. The Labute approximate surface area is 109 Å². The van der Waals surface area contributed by atoms with E-state index in [1.165, 1.54) is 7.11 Å². The first kappa shape index (κ1) is 12.7. The van der Waals surface area contributed by atoms with Crippen LogP contribution < -0.4 is 10.1 Å². The van der Waals surface area contributed by atoms with E-state index in [9.17, 15) is 9.59 Å². The molecule has 1 aromatic carbocycles. The summed E-state index contributed by atoms with van der Waals surface area (Å²) in [5, 5.41) is 3.21. The molecule has 6 heteroatoms. The van der Waals surface area contributed by atoms with E-state index >= 15 is 0 Å². The molecule has 0 saturated carbocycles. The molecule has 2 rings (SSSR count). The minimum Gasteiger partial charge on any atom is -0.478 e. The van der Waals surface area contributed by atoms with E-state index < -0.39 is 6.10 Å². The summed E-state index contributed by atoms with van der Waals surface area (Å²) in [7, 11) is 1.31. The Morgan fingerprint density at radius 1 is 1.56 bits per heavy atom. The van der Waals surface area contributed by atoms with Gasteiger partial charge in [-0.2, -0.15) is 0 Å². The number of halogens is 1. The molecule has 0 aromatic heterocycles. The van der Waals surface area contributed by atoms with Crippen molar-refractivity contribution in [2.24, 2.45) is 0 Å². The fraction of sp³-hybridized carbons (Fsp3) is 0.333. The van der Waals surface area contributed by atoms with Gasteiger partial charge in [-0.3, -0.25) is 9.59 Å². The zero-order chi connectivity index (χ0) is 13.1. The maximum atomic E-state index is 11.7. The molecule has 1 amide bonds. The lowest BCUT2D eigenvalue weighted by molar-refractivity contribution is -0.141. The van der Waals surface area contributed by atoms with Crippen LogP contribution in [0.2, 0.25) is 5.02 Å². The minimum atomic E-state index is -0.683. The SMILES string of the molecule is COC(=O)CCC1Oc2ccc(Cl)cc2NC1=O. The van der Waals surface area contributed by atoms with Crippen LogP contribution in [0.1, 0.15) is 12.8 Å². The van der Waals surface area contributed by atoms with Gasteiger partial charge < -0.3 is 14.8 Å². The number of benzene rings is 1. The number of anilines is 1. The van der Waals surface area contributed by atoms with E-state index in [0.29, 0.717) is 16.5 Å². The largest absolute Gasteiger partial charge is 0.478 e. The molecule has 0 bridgehead atoms. The number of ether oxygens (including phenoxy) is 2. The van der Waals surface area contributed by atoms with Gasteiger partial charge >= 0.3 is 5.97 Å². The zero-order valence-corrected chi connectivity index (χ0v) is 10.5. The smallest absolute Gasteiger partial charge is 0.305 e. The van der Waals surface area contributed by atoms with E-state index in [4.69, 9.17) is 16.3 Å². The Hall–Kier alpha value is -1.75.